The van der Waals surface area contributed by atoms with Gasteiger partial charge in [-0.15, -0.1) is 0 Å². The molecule has 0 spiro atoms. The average molecular weight is 358 g/mol. The lowest BCUT2D eigenvalue weighted by Crippen LogP contribution is -2.25. The molecule has 1 atom stereocenters. The summed E-state index contributed by atoms with van der Waals surface area (Å²) < 4.78 is 2.83. The maximum Gasteiger partial charge on any atom is 0.138 e. The minimum absolute atomic E-state index is 0.125. The smallest absolute Gasteiger partial charge is 0.138 e. The summed E-state index contributed by atoms with van der Waals surface area (Å²) in [6.07, 6.45) is 2.36. The van der Waals surface area contributed by atoms with E-state index >= 15 is 0 Å². The number of nitrogens with one attached hydrogen (secondary N) is 1. The van der Waals surface area contributed by atoms with Crippen LogP contribution in [0.4, 0.5) is 0 Å². The maximum absolute atomic E-state index is 6.41. The summed E-state index contributed by atoms with van der Waals surface area (Å²) in [5.41, 5.74) is 1.08. The molecule has 0 amide bonds. The molecule has 0 fully saturated rings. The van der Waals surface area contributed by atoms with Crippen molar-refractivity contribution in [3.8, 4) is 0 Å². The predicted octanol–water partition coefficient (Wildman–Crippen LogP) is 3.61. The summed E-state index contributed by atoms with van der Waals surface area (Å²) in [6.45, 7) is 5.84. The topological polar surface area (TPSA) is 42.7 Å². The van der Waals surface area contributed by atoms with E-state index in [2.05, 4.69) is 45.2 Å². The highest BCUT2D eigenvalue weighted by atomic mass is 79.9. The zero-order valence-corrected chi connectivity index (χ0v) is 13.9. The summed E-state index contributed by atoms with van der Waals surface area (Å²) >= 11 is 9.89. The van der Waals surface area contributed by atoms with Crippen molar-refractivity contribution in [3.05, 3.63) is 45.4 Å². The summed E-state index contributed by atoms with van der Waals surface area (Å²) in [5.74, 6) is 0.967. The normalized spacial score (nSPS) is 12.6. The molecule has 0 bridgehead atoms. The number of hydrogen-bond donors (Lipinski definition) is 1. The second-order valence-corrected chi connectivity index (χ2v) is 5.68. The lowest BCUT2D eigenvalue weighted by Gasteiger charge is -2.20. The first-order valence-electron chi connectivity index (χ1n) is 6.71. The predicted molar refractivity (Wildman–Crippen MR) is 85.0 cm³/mol. The molecule has 1 aromatic carbocycles. The summed E-state index contributed by atoms with van der Waals surface area (Å²) in [6, 6.07) is 6.12. The van der Waals surface area contributed by atoms with Gasteiger partial charge in [-0.1, -0.05) is 30.7 Å². The number of halogens is 2. The molecule has 0 aliphatic carbocycles. The van der Waals surface area contributed by atoms with Crippen LogP contribution in [0.3, 0.4) is 0 Å². The molecule has 0 aliphatic heterocycles. The van der Waals surface area contributed by atoms with Gasteiger partial charge in [0.1, 0.15) is 12.2 Å². The van der Waals surface area contributed by atoms with Gasteiger partial charge in [0.2, 0.25) is 0 Å². The molecule has 1 aromatic heterocycles. The number of aryl methyl sites for hydroxylation is 1. The molecule has 1 unspecified atom stereocenters. The number of nitrogens with zero attached hydrogens (tertiary/aromatic N) is 3. The third kappa shape index (κ3) is 3.40. The van der Waals surface area contributed by atoms with Crippen molar-refractivity contribution in [2.45, 2.75) is 32.9 Å². The number of aromatic nitrogens is 3. The van der Waals surface area contributed by atoms with E-state index in [9.17, 15) is 0 Å². The van der Waals surface area contributed by atoms with E-state index in [-0.39, 0.29) is 6.04 Å². The van der Waals surface area contributed by atoms with Gasteiger partial charge in [-0.25, -0.2) is 4.98 Å². The third-order valence-electron chi connectivity index (χ3n) is 3.19. The largest absolute Gasteiger partial charge is 0.310 e. The molecule has 1 heterocycles. The van der Waals surface area contributed by atoms with Gasteiger partial charge in [0, 0.05) is 23.5 Å². The van der Waals surface area contributed by atoms with Crippen molar-refractivity contribution in [3.63, 3.8) is 0 Å². The highest BCUT2D eigenvalue weighted by Crippen LogP contribution is 2.31. The fourth-order valence-electron chi connectivity index (χ4n) is 2.22. The number of rotatable bonds is 6. The standard InChI is InChI=1S/C14H18BrClN4/c1-3-17-12(8-13-18-9-19-20(13)4-2)10-6-5-7-11(15)14(10)16/h5-7,9,12,17H,3-4,8H2,1-2H3. The molecular formula is C14H18BrClN4. The van der Waals surface area contributed by atoms with Crippen molar-refractivity contribution >= 4 is 27.5 Å². The molecular weight excluding hydrogens is 340 g/mol. The van der Waals surface area contributed by atoms with E-state index in [1.54, 1.807) is 6.33 Å². The molecule has 1 N–H and O–H groups in total. The quantitative estimate of drug-likeness (QED) is 0.859. The van der Waals surface area contributed by atoms with Gasteiger partial charge in [0.15, 0.2) is 0 Å². The average Bonchev–Trinajstić information content (AvgIpc) is 2.89. The second-order valence-electron chi connectivity index (χ2n) is 4.45. The van der Waals surface area contributed by atoms with Crippen LogP contribution in [0.25, 0.3) is 0 Å². The monoisotopic (exact) mass is 356 g/mol. The molecule has 0 saturated carbocycles. The van der Waals surface area contributed by atoms with Crippen LogP contribution >= 0.6 is 27.5 Å². The van der Waals surface area contributed by atoms with Crippen molar-refractivity contribution in [2.75, 3.05) is 6.54 Å². The molecule has 0 aliphatic rings. The Labute approximate surface area is 132 Å². The zero-order chi connectivity index (χ0) is 14.5. The molecule has 0 saturated heterocycles. The lowest BCUT2D eigenvalue weighted by molar-refractivity contribution is 0.509. The van der Waals surface area contributed by atoms with E-state index in [1.807, 2.05) is 22.9 Å². The van der Waals surface area contributed by atoms with Crippen LogP contribution in [-0.2, 0) is 13.0 Å². The Morgan fingerprint density at radius 3 is 2.90 bits per heavy atom. The number of likely N-dealkylation sites (N-methyl/N-ethyl adjacent to an activating group) is 1. The number of hydrogen-bond acceptors (Lipinski definition) is 3. The van der Waals surface area contributed by atoms with Crippen molar-refractivity contribution in [1.82, 2.24) is 20.1 Å². The van der Waals surface area contributed by atoms with Crippen molar-refractivity contribution in [2.24, 2.45) is 0 Å². The van der Waals surface area contributed by atoms with Crippen LogP contribution in [0.5, 0.6) is 0 Å². The summed E-state index contributed by atoms with van der Waals surface area (Å²) in [4.78, 5) is 4.34. The Hall–Kier alpha value is -0.910. The zero-order valence-electron chi connectivity index (χ0n) is 11.6. The Bertz CT molecular complexity index is 570. The molecule has 6 heteroatoms. The van der Waals surface area contributed by atoms with E-state index in [1.165, 1.54) is 0 Å². The van der Waals surface area contributed by atoms with Gasteiger partial charge in [0.05, 0.1) is 5.02 Å². The van der Waals surface area contributed by atoms with Crippen LogP contribution in [0.15, 0.2) is 29.0 Å². The van der Waals surface area contributed by atoms with Gasteiger partial charge in [0.25, 0.3) is 0 Å². The van der Waals surface area contributed by atoms with E-state index < -0.39 is 0 Å². The molecule has 4 nitrogen and oxygen atoms in total. The van der Waals surface area contributed by atoms with Gasteiger partial charge in [-0.2, -0.15) is 5.10 Å². The fraction of sp³-hybridized carbons (Fsp3) is 0.429. The van der Waals surface area contributed by atoms with Crippen LogP contribution in [0.2, 0.25) is 5.02 Å². The molecule has 20 heavy (non-hydrogen) atoms. The Morgan fingerprint density at radius 2 is 2.20 bits per heavy atom. The van der Waals surface area contributed by atoms with Crippen molar-refractivity contribution in [1.29, 1.82) is 0 Å². The fourth-order valence-corrected chi connectivity index (χ4v) is 2.86. The van der Waals surface area contributed by atoms with E-state index in [4.69, 9.17) is 11.6 Å². The highest BCUT2D eigenvalue weighted by molar-refractivity contribution is 9.10. The minimum atomic E-state index is 0.125. The first kappa shape index (κ1) is 15.5. The Balaban J connectivity index is 2.29. The van der Waals surface area contributed by atoms with Gasteiger partial charge < -0.3 is 5.32 Å². The van der Waals surface area contributed by atoms with Crippen LogP contribution in [0, 0.1) is 0 Å². The number of benzene rings is 1. The van der Waals surface area contributed by atoms with Crippen LogP contribution < -0.4 is 5.32 Å². The minimum Gasteiger partial charge on any atom is -0.310 e. The summed E-state index contributed by atoms with van der Waals surface area (Å²) in [7, 11) is 0. The molecule has 108 valence electrons. The van der Waals surface area contributed by atoms with Crippen LogP contribution in [-0.4, -0.2) is 21.3 Å². The lowest BCUT2D eigenvalue weighted by atomic mass is 10.0. The first-order valence-corrected chi connectivity index (χ1v) is 7.88. The second kappa shape index (κ2) is 7.20. The highest BCUT2D eigenvalue weighted by Gasteiger charge is 2.18. The SMILES string of the molecule is CCNC(Cc1ncnn1CC)c1cccc(Br)c1Cl. The first-order chi connectivity index (χ1) is 9.67. The van der Waals surface area contributed by atoms with Crippen LogP contribution in [0.1, 0.15) is 31.3 Å². The Morgan fingerprint density at radius 1 is 1.40 bits per heavy atom. The maximum atomic E-state index is 6.41. The molecule has 0 radical (unpaired) electrons. The van der Waals surface area contributed by atoms with Crippen molar-refractivity contribution < 1.29 is 0 Å². The third-order valence-corrected chi connectivity index (χ3v) is 4.50. The van der Waals surface area contributed by atoms with Gasteiger partial charge in [-0.05, 0) is 41.0 Å². The van der Waals surface area contributed by atoms with Gasteiger partial charge in [-0.3, -0.25) is 4.68 Å². The Kier molecular flexibility index (Phi) is 5.57. The van der Waals surface area contributed by atoms with E-state index in [0.717, 1.165) is 40.4 Å². The molecule has 2 aromatic rings. The van der Waals surface area contributed by atoms with Gasteiger partial charge >= 0.3 is 0 Å². The molecule has 2 rings (SSSR count). The summed E-state index contributed by atoms with van der Waals surface area (Å²) in [5, 5.41) is 8.44. The van der Waals surface area contributed by atoms with E-state index in [0.29, 0.717) is 0 Å².